The minimum atomic E-state index is 0.120. The Kier molecular flexibility index (Phi) is 3.93. The molecular weight excluding hydrogens is 176 g/mol. The molecule has 1 atom stereocenters. The van der Waals surface area contributed by atoms with E-state index in [1.807, 2.05) is 0 Å². The lowest BCUT2D eigenvalue weighted by atomic mass is 9.92. The Morgan fingerprint density at radius 1 is 1.50 bits per heavy atom. The minimum Gasteiger partial charge on any atom is -0.359 e. The quantitative estimate of drug-likeness (QED) is 0.714. The van der Waals surface area contributed by atoms with Gasteiger partial charge in [-0.05, 0) is 24.7 Å². The molecular formula is C11H22N2O. The smallest absolute Gasteiger partial charge is 0.221 e. The van der Waals surface area contributed by atoms with Crippen LogP contribution in [0.1, 0.15) is 39.5 Å². The van der Waals surface area contributed by atoms with Crippen molar-refractivity contribution in [1.29, 1.82) is 0 Å². The normalized spacial score (nSPS) is 24.9. The fraction of sp³-hybridized carbons (Fsp3) is 0.909. The van der Waals surface area contributed by atoms with Gasteiger partial charge in [0.25, 0.3) is 0 Å². The van der Waals surface area contributed by atoms with E-state index in [1.54, 1.807) is 7.05 Å². The first-order valence-corrected chi connectivity index (χ1v) is 5.47. The lowest BCUT2D eigenvalue weighted by Gasteiger charge is -2.17. The Hall–Kier alpha value is -0.570. The van der Waals surface area contributed by atoms with Gasteiger partial charge in [-0.2, -0.15) is 0 Å². The monoisotopic (exact) mass is 198 g/mol. The molecule has 0 spiro atoms. The second-order valence-corrected chi connectivity index (χ2v) is 4.98. The van der Waals surface area contributed by atoms with Crippen molar-refractivity contribution in [2.24, 2.45) is 5.41 Å². The van der Waals surface area contributed by atoms with E-state index in [-0.39, 0.29) is 5.91 Å². The zero-order chi connectivity index (χ0) is 10.6. The van der Waals surface area contributed by atoms with Gasteiger partial charge in [0.2, 0.25) is 5.91 Å². The Balaban J connectivity index is 2.12. The van der Waals surface area contributed by atoms with Crippen LogP contribution in [-0.4, -0.2) is 25.5 Å². The summed E-state index contributed by atoms with van der Waals surface area (Å²) in [6.45, 7) is 5.43. The highest BCUT2D eigenvalue weighted by Crippen LogP contribution is 2.36. The highest BCUT2D eigenvalue weighted by Gasteiger charge is 2.30. The molecule has 1 aliphatic carbocycles. The van der Waals surface area contributed by atoms with Crippen LogP contribution in [0.15, 0.2) is 0 Å². The van der Waals surface area contributed by atoms with Gasteiger partial charge in [-0.1, -0.05) is 13.8 Å². The number of amides is 1. The van der Waals surface area contributed by atoms with Gasteiger partial charge in [-0.3, -0.25) is 4.79 Å². The van der Waals surface area contributed by atoms with Gasteiger partial charge in [-0.15, -0.1) is 0 Å². The Labute approximate surface area is 86.6 Å². The molecule has 1 unspecified atom stereocenters. The first kappa shape index (κ1) is 11.5. The molecule has 1 saturated carbocycles. The lowest BCUT2D eigenvalue weighted by Crippen LogP contribution is -2.31. The van der Waals surface area contributed by atoms with E-state index in [1.165, 1.54) is 19.3 Å². The van der Waals surface area contributed by atoms with Crippen LogP contribution in [0.2, 0.25) is 0 Å². The standard InChI is InChI=1S/C11H22N2O/c1-11(2)6-4-9(8-11)13-7-5-10(14)12-3/h9,13H,4-8H2,1-3H3,(H,12,14). The zero-order valence-corrected chi connectivity index (χ0v) is 9.52. The third-order valence-corrected chi connectivity index (χ3v) is 3.03. The predicted octanol–water partition coefficient (Wildman–Crippen LogP) is 1.29. The van der Waals surface area contributed by atoms with E-state index in [0.717, 1.165) is 6.54 Å². The van der Waals surface area contributed by atoms with Crippen molar-refractivity contribution in [1.82, 2.24) is 10.6 Å². The van der Waals surface area contributed by atoms with Crippen LogP contribution in [0.4, 0.5) is 0 Å². The maximum atomic E-state index is 11.0. The van der Waals surface area contributed by atoms with Crippen LogP contribution in [0.25, 0.3) is 0 Å². The van der Waals surface area contributed by atoms with Crippen molar-refractivity contribution in [2.75, 3.05) is 13.6 Å². The predicted molar refractivity (Wildman–Crippen MR) is 58.1 cm³/mol. The second-order valence-electron chi connectivity index (χ2n) is 4.98. The van der Waals surface area contributed by atoms with Crippen LogP contribution in [-0.2, 0) is 4.79 Å². The molecule has 14 heavy (non-hydrogen) atoms. The molecule has 1 rings (SSSR count). The molecule has 0 aromatic heterocycles. The Morgan fingerprint density at radius 3 is 2.71 bits per heavy atom. The third-order valence-electron chi connectivity index (χ3n) is 3.03. The number of rotatable bonds is 4. The fourth-order valence-corrected chi connectivity index (χ4v) is 2.13. The summed E-state index contributed by atoms with van der Waals surface area (Å²) >= 11 is 0. The van der Waals surface area contributed by atoms with E-state index in [0.29, 0.717) is 17.9 Å². The number of carbonyl (C=O) groups is 1. The molecule has 1 fully saturated rings. The van der Waals surface area contributed by atoms with Gasteiger partial charge in [0.15, 0.2) is 0 Å². The van der Waals surface area contributed by atoms with Crippen molar-refractivity contribution < 1.29 is 4.79 Å². The molecule has 0 saturated heterocycles. The van der Waals surface area contributed by atoms with Gasteiger partial charge < -0.3 is 10.6 Å². The molecule has 0 aromatic rings. The molecule has 0 aromatic carbocycles. The summed E-state index contributed by atoms with van der Waals surface area (Å²) in [5.41, 5.74) is 0.491. The summed E-state index contributed by atoms with van der Waals surface area (Å²) in [5, 5.41) is 6.07. The van der Waals surface area contributed by atoms with Gasteiger partial charge in [0, 0.05) is 26.1 Å². The fourth-order valence-electron chi connectivity index (χ4n) is 2.13. The maximum absolute atomic E-state index is 11.0. The van der Waals surface area contributed by atoms with Crippen LogP contribution in [0.3, 0.4) is 0 Å². The molecule has 1 aliphatic rings. The first-order chi connectivity index (χ1) is 6.53. The molecule has 0 radical (unpaired) electrons. The number of hydrogen-bond acceptors (Lipinski definition) is 2. The van der Waals surface area contributed by atoms with Crippen molar-refractivity contribution in [3.8, 4) is 0 Å². The second kappa shape index (κ2) is 4.78. The van der Waals surface area contributed by atoms with Crippen LogP contribution < -0.4 is 10.6 Å². The molecule has 0 aliphatic heterocycles. The maximum Gasteiger partial charge on any atom is 0.221 e. The van der Waals surface area contributed by atoms with Gasteiger partial charge in [0.05, 0.1) is 0 Å². The van der Waals surface area contributed by atoms with Crippen LogP contribution >= 0.6 is 0 Å². The summed E-state index contributed by atoms with van der Waals surface area (Å²) in [5.74, 6) is 0.120. The minimum absolute atomic E-state index is 0.120. The summed E-state index contributed by atoms with van der Waals surface area (Å²) in [6.07, 6.45) is 4.37. The number of hydrogen-bond donors (Lipinski definition) is 2. The highest BCUT2D eigenvalue weighted by molar-refractivity contribution is 5.75. The van der Waals surface area contributed by atoms with Crippen molar-refractivity contribution in [3.63, 3.8) is 0 Å². The first-order valence-electron chi connectivity index (χ1n) is 5.47. The van der Waals surface area contributed by atoms with Crippen LogP contribution in [0, 0.1) is 5.41 Å². The van der Waals surface area contributed by atoms with Crippen molar-refractivity contribution in [2.45, 2.75) is 45.6 Å². The highest BCUT2D eigenvalue weighted by atomic mass is 16.1. The largest absolute Gasteiger partial charge is 0.359 e. The SMILES string of the molecule is CNC(=O)CCNC1CCC(C)(C)C1. The van der Waals surface area contributed by atoms with Crippen molar-refractivity contribution in [3.05, 3.63) is 0 Å². The van der Waals surface area contributed by atoms with E-state index in [9.17, 15) is 4.79 Å². The van der Waals surface area contributed by atoms with Crippen LogP contribution in [0.5, 0.6) is 0 Å². The molecule has 3 heteroatoms. The molecule has 0 bridgehead atoms. The summed E-state index contributed by atoms with van der Waals surface area (Å²) in [4.78, 5) is 11.0. The summed E-state index contributed by atoms with van der Waals surface area (Å²) < 4.78 is 0. The molecule has 1 amide bonds. The topological polar surface area (TPSA) is 41.1 Å². The Bertz CT molecular complexity index is 201. The van der Waals surface area contributed by atoms with E-state index >= 15 is 0 Å². The average molecular weight is 198 g/mol. The Morgan fingerprint density at radius 2 is 2.21 bits per heavy atom. The summed E-state index contributed by atoms with van der Waals surface area (Å²) in [7, 11) is 1.68. The number of nitrogens with one attached hydrogen (secondary N) is 2. The third kappa shape index (κ3) is 3.66. The van der Waals surface area contributed by atoms with E-state index in [2.05, 4.69) is 24.5 Å². The van der Waals surface area contributed by atoms with Crippen molar-refractivity contribution >= 4 is 5.91 Å². The van der Waals surface area contributed by atoms with Gasteiger partial charge >= 0.3 is 0 Å². The zero-order valence-electron chi connectivity index (χ0n) is 9.52. The van der Waals surface area contributed by atoms with Gasteiger partial charge in [-0.25, -0.2) is 0 Å². The number of carbonyl (C=O) groups excluding carboxylic acids is 1. The van der Waals surface area contributed by atoms with Gasteiger partial charge in [0.1, 0.15) is 0 Å². The molecule has 0 heterocycles. The summed E-state index contributed by atoms with van der Waals surface area (Å²) in [6, 6.07) is 0.620. The van der Waals surface area contributed by atoms with E-state index in [4.69, 9.17) is 0 Å². The van der Waals surface area contributed by atoms with E-state index < -0.39 is 0 Å². The lowest BCUT2D eigenvalue weighted by molar-refractivity contribution is -0.120. The molecule has 82 valence electrons. The average Bonchev–Trinajstić information content (AvgIpc) is 2.45. The molecule has 2 N–H and O–H groups in total. The molecule has 3 nitrogen and oxygen atoms in total.